The fraction of sp³-hybridized carbons (Fsp3) is 0.0714. The molecule has 104 valence electrons. The molecule has 2 aromatic rings. The van der Waals surface area contributed by atoms with Gasteiger partial charge in [0.2, 0.25) is 0 Å². The van der Waals surface area contributed by atoms with Gasteiger partial charge in [-0.1, -0.05) is 18.3 Å². The highest BCUT2D eigenvalue weighted by molar-refractivity contribution is 9.10. The molecule has 0 unspecified atom stereocenters. The third-order valence-electron chi connectivity index (χ3n) is 2.80. The Morgan fingerprint density at radius 3 is 2.55 bits per heavy atom. The van der Waals surface area contributed by atoms with Gasteiger partial charge in [0.15, 0.2) is 5.82 Å². The van der Waals surface area contributed by atoms with E-state index >= 15 is 0 Å². The lowest BCUT2D eigenvalue weighted by Crippen LogP contribution is -2.11. The van der Waals surface area contributed by atoms with Crippen molar-refractivity contribution in [1.82, 2.24) is 0 Å². The van der Waals surface area contributed by atoms with Gasteiger partial charge >= 0.3 is 0 Å². The van der Waals surface area contributed by atoms with E-state index in [1.54, 1.807) is 25.1 Å². The Balaban J connectivity index is 2.37. The lowest BCUT2D eigenvalue weighted by molar-refractivity contribution is 0.618. The van der Waals surface area contributed by atoms with E-state index in [0.717, 1.165) is 0 Å². The molecule has 2 nitrogen and oxygen atoms in total. The van der Waals surface area contributed by atoms with Crippen LogP contribution in [-0.4, -0.2) is 4.99 Å². The van der Waals surface area contributed by atoms with Crippen LogP contribution in [0.15, 0.2) is 34.8 Å². The summed E-state index contributed by atoms with van der Waals surface area (Å²) in [5.74, 6) is -0.884. The number of benzene rings is 2. The molecule has 0 aliphatic heterocycles. The van der Waals surface area contributed by atoms with E-state index in [-0.39, 0.29) is 21.0 Å². The minimum Gasteiger partial charge on any atom is -0.389 e. The molecular formula is C14H11BrF2N2S. The molecule has 0 radical (unpaired) electrons. The van der Waals surface area contributed by atoms with E-state index in [1.807, 2.05) is 0 Å². The minimum absolute atomic E-state index is 0.101. The Bertz CT molecular complexity index is 689. The summed E-state index contributed by atoms with van der Waals surface area (Å²) in [5.41, 5.74) is 7.10. The molecule has 2 rings (SSSR count). The highest BCUT2D eigenvalue weighted by Gasteiger charge is 2.13. The number of hydrogen-bond donors (Lipinski definition) is 2. The summed E-state index contributed by atoms with van der Waals surface area (Å²) in [7, 11) is 0. The average Bonchev–Trinajstić information content (AvgIpc) is 2.39. The first-order chi connectivity index (χ1) is 9.40. The van der Waals surface area contributed by atoms with Crippen LogP contribution in [0.4, 0.5) is 20.2 Å². The third kappa shape index (κ3) is 2.96. The summed E-state index contributed by atoms with van der Waals surface area (Å²) < 4.78 is 27.8. The largest absolute Gasteiger partial charge is 0.389 e. The van der Waals surface area contributed by atoms with E-state index < -0.39 is 5.82 Å². The molecule has 2 aromatic carbocycles. The van der Waals surface area contributed by atoms with Crippen molar-refractivity contribution in [2.45, 2.75) is 6.92 Å². The van der Waals surface area contributed by atoms with E-state index in [1.165, 1.54) is 12.1 Å². The van der Waals surface area contributed by atoms with Crippen molar-refractivity contribution in [2.24, 2.45) is 5.73 Å². The summed E-state index contributed by atoms with van der Waals surface area (Å²) in [6, 6.07) is 7.71. The van der Waals surface area contributed by atoms with Gasteiger partial charge in [0.05, 0.1) is 10.2 Å². The van der Waals surface area contributed by atoms with E-state index in [9.17, 15) is 8.78 Å². The van der Waals surface area contributed by atoms with E-state index in [4.69, 9.17) is 18.0 Å². The Morgan fingerprint density at radius 2 is 1.95 bits per heavy atom. The molecule has 0 spiro atoms. The second-order valence-corrected chi connectivity index (χ2v) is 5.47. The van der Waals surface area contributed by atoms with Crippen molar-refractivity contribution in [3.8, 4) is 0 Å². The summed E-state index contributed by atoms with van der Waals surface area (Å²) in [6.45, 7) is 1.66. The molecule has 0 aliphatic carbocycles. The lowest BCUT2D eigenvalue weighted by atomic mass is 10.1. The maximum absolute atomic E-state index is 14.2. The number of rotatable bonds is 3. The fourth-order valence-corrected chi connectivity index (χ4v) is 2.52. The molecule has 0 atom stereocenters. The van der Waals surface area contributed by atoms with Crippen LogP contribution >= 0.6 is 28.1 Å². The summed E-state index contributed by atoms with van der Waals surface area (Å²) >= 11 is 7.94. The number of nitrogens with two attached hydrogens (primary N) is 1. The predicted molar refractivity (Wildman–Crippen MR) is 84.4 cm³/mol. The summed E-state index contributed by atoms with van der Waals surface area (Å²) in [6.07, 6.45) is 0. The van der Waals surface area contributed by atoms with Gasteiger partial charge in [-0.25, -0.2) is 8.78 Å². The topological polar surface area (TPSA) is 38.0 Å². The van der Waals surface area contributed by atoms with Crippen LogP contribution in [0.1, 0.15) is 11.1 Å². The number of anilines is 2. The van der Waals surface area contributed by atoms with Gasteiger partial charge in [0.1, 0.15) is 10.8 Å². The second-order valence-electron chi connectivity index (χ2n) is 4.24. The van der Waals surface area contributed by atoms with Gasteiger partial charge in [0.25, 0.3) is 0 Å². The first-order valence-electron chi connectivity index (χ1n) is 5.71. The maximum atomic E-state index is 14.2. The van der Waals surface area contributed by atoms with Crippen LogP contribution in [-0.2, 0) is 0 Å². The molecule has 0 saturated heterocycles. The molecule has 3 N–H and O–H groups in total. The minimum atomic E-state index is -0.531. The average molecular weight is 357 g/mol. The first kappa shape index (κ1) is 14.9. The quantitative estimate of drug-likeness (QED) is 0.799. The molecule has 0 saturated carbocycles. The molecule has 0 aromatic heterocycles. The lowest BCUT2D eigenvalue weighted by Gasteiger charge is -2.11. The Morgan fingerprint density at radius 1 is 1.25 bits per heavy atom. The third-order valence-corrected chi connectivity index (χ3v) is 3.79. The van der Waals surface area contributed by atoms with Crippen molar-refractivity contribution >= 4 is 44.5 Å². The van der Waals surface area contributed by atoms with Crippen molar-refractivity contribution < 1.29 is 8.78 Å². The van der Waals surface area contributed by atoms with Crippen LogP contribution < -0.4 is 11.1 Å². The molecular weight excluding hydrogens is 346 g/mol. The van der Waals surface area contributed by atoms with Gasteiger partial charge in [-0.15, -0.1) is 0 Å². The Labute approximate surface area is 129 Å². The number of nitrogens with one attached hydrogen (secondary N) is 1. The first-order valence-corrected chi connectivity index (χ1v) is 6.91. The highest BCUT2D eigenvalue weighted by Crippen LogP contribution is 2.29. The monoisotopic (exact) mass is 356 g/mol. The molecule has 0 aliphatic rings. The molecule has 0 fully saturated rings. The Kier molecular flexibility index (Phi) is 4.35. The van der Waals surface area contributed by atoms with E-state index in [2.05, 4.69) is 21.2 Å². The normalized spacial score (nSPS) is 10.4. The zero-order valence-electron chi connectivity index (χ0n) is 10.5. The molecule has 0 bridgehead atoms. The Hall–Kier alpha value is -1.53. The van der Waals surface area contributed by atoms with Crippen molar-refractivity contribution in [3.05, 3.63) is 57.6 Å². The van der Waals surface area contributed by atoms with Gasteiger partial charge in [-0.2, -0.15) is 0 Å². The van der Waals surface area contributed by atoms with Crippen LogP contribution in [0.2, 0.25) is 0 Å². The van der Waals surface area contributed by atoms with Crippen LogP contribution in [0.25, 0.3) is 0 Å². The predicted octanol–water partition coefficient (Wildman–Crippen LogP) is 4.41. The smallest absolute Gasteiger partial charge is 0.161 e. The van der Waals surface area contributed by atoms with Crippen LogP contribution in [0, 0.1) is 18.6 Å². The van der Waals surface area contributed by atoms with Gasteiger partial charge < -0.3 is 11.1 Å². The number of aryl methyl sites for hydroxylation is 1. The zero-order chi connectivity index (χ0) is 14.9. The fourth-order valence-electron chi connectivity index (χ4n) is 1.66. The SMILES string of the molecule is Cc1ccc(Nc2ccc(C(N)=S)c(Br)c2F)cc1F. The molecule has 0 heterocycles. The van der Waals surface area contributed by atoms with Gasteiger partial charge in [0, 0.05) is 11.3 Å². The number of halogens is 3. The van der Waals surface area contributed by atoms with Crippen molar-refractivity contribution in [1.29, 1.82) is 0 Å². The number of hydrogen-bond acceptors (Lipinski definition) is 2. The van der Waals surface area contributed by atoms with Crippen LogP contribution in [0.5, 0.6) is 0 Å². The van der Waals surface area contributed by atoms with Crippen molar-refractivity contribution in [3.63, 3.8) is 0 Å². The molecule has 20 heavy (non-hydrogen) atoms. The highest BCUT2D eigenvalue weighted by atomic mass is 79.9. The maximum Gasteiger partial charge on any atom is 0.161 e. The van der Waals surface area contributed by atoms with Crippen molar-refractivity contribution in [2.75, 3.05) is 5.32 Å². The second kappa shape index (κ2) is 5.85. The van der Waals surface area contributed by atoms with E-state index in [0.29, 0.717) is 16.8 Å². The molecule has 6 heteroatoms. The van der Waals surface area contributed by atoms with Gasteiger partial charge in [-0.05, 0) is 52.7 Å². The summed E-state index contributed by atoms with van der Waals surface area (Å²) in [5, 5.41) is 2.82. The number of thiocarbonyl (C=S) groups is 1. The van der Waals surface area contributed by atoms with Crippen LogP contribution in [0.3, 0.4) is 0 Å². The molecule has 0 amide bonds. The standard InChI is InChI=1S/C14H11BrF2N2S/c1-7-2-3-8(6-10(7)16)19-11-5-4-9(14(18)20)12(15)13(11)17/h2-6,19H,1H3,(H2,18,20). The van der Waals surface area contributed by atoms with Gasteiger partial charge in [-0.3, -0.25) is 0 Å². The zero-order valence-corrected chi connectivity index (χ0v) is 12.9. The summed E-state index contributed by atoms with van der Waals surface area (Å²) in [4.78, 5) is 0.101.